The zero-order chi connectivity index (χ0) is 25.6. The molecule has 0 unspecified atom stereocenters. The number of methoxy groups -OCH3 is 1. The molecule has 9 heteroatoms. The number of aryl methyl sites for hydroxylation is 4. The molecule has 0 spiro atoms. The monoisotopic (exact) mass is 496 g/mol. The van der Waals surface area contributed by atoms with Crippen LogP contribution in [-0.4, -0.2) is 34.3 Å². The molecule has 35 heavy (non-hydrogen) atoms. The summed E-state index contributed by atoms with van der Waals surface area (Å²) in [4.78, 5) is 12.1. The summed E-state index contributed by atoms with van der Waals surface area (Å²) < 4.78 is 41.8. The molecule has 3 aromatic rings. The maximum atomic E-state index is 12.8. The Kier molecular flexibility index (Phi) is 8.14. The Hall–Kier alpha value is -3.85. The van der Waals surface area contributed by atoms with Crippen LogP contribution in [0.4, 0.5) is 0 Å². The summed E-state index contributed by atoms with van der Waals surface area (Å²) >= 11 is 0. The summed E-state index contributed by atoms with van der Waals surface area (Å²) in [7, 11) is -2.66. The van der Waals surface area contributed by atoms with Gasteiger partial charge in [-0.1, -0.05) is 18.2 Å². The lowest BCUT2D eigenvalue weighted by atomic mass is 10.1. The first-order valence-electron chi connectivity index (χ1n) is 10.8. The zero-order valence-corrected chi connectivity index (χ0v) is 21.1. The summed E-state index contributed by atoms with van der Waals surface area (Å²) in [5.41, 5.74) is 6.42. The molecule has 0 aliphatic rings. The molecule has 1 N–H and O–H groups in total. The lowest BCUT2D eigenvalue weighted by Gasteiger charge is -2.13. The van der Waals surface area contributed by atoms with Gasteiger partial charge in [-0.25, -0.2) is 5.43 Å². The standard InChI is InChI=1S/C26H28N2O6S/c1-17-6-7-20(4)25(13-17)35(30,31)34-23-9-8-21(14-24(23)32-5)15-27-28-26(29)16-33-22-11-18(2)10-19(3)12-22/h6-15H,16H2,1-5H3,(H,28,29). The molecule has 0 atom stereocenters. The normalized spacial score (nSPS) is 11.3. The van der Waals surface area contributed by atoms with E-state index in [1.807, 2.05) is 45.0 Å². The van der Waals surface area contributed by atoms with Crippen molar-refractivity contribution >= 4 is 22.2 Å². The van der Waals surface area contributed by atoms with Crippen LogP contribution in [0.5, 0.6) is 17.2 Å². The molecule has 3 rings (SSSR count). The number of nitrogens with one attached hydrogen (secondary N) is 1. The van der Waals surface area contributed by atoms with Crippen LogP contribution in [0.25, 0.3) is 0 Å². The van der Waals surface area contributed by atoms with E-state index in [4.69, 9.17) is 13.7 Å². The number of carbonyl (C=O) groups is 1. The Morgan fingerprint density at radius 2 is 1.63 bits per heavy atom. The van der Waals surface area contributed by atoms with Gasteiger partial charge in [-0.2, -0.15) is 13.5 Å². The van der Waals surface area contributed by atoms with Crippen LogP contribution in [0, 0.1) is 27.7 Å². The molecule has 8 nitrogen and oxygen atoms in total. The number of rotatable bonds is 9. The van der Waals surface area contributed by atoms with Crippen molar-refractivity contribution in [2.75, 3.05) is 13.7 Å². The predicted octanol–water partition coefficient (Wildman–Crippen LogP) is 4.23. The Bertz CT molecular complexity index is 1350. The zero-order valence-electron chi connectivity index (χ0n) is 20.3. The van der Waals surface area contributed by atoms with Crippen LogP contribution < -0.4 is 19.1 Å². The molecular formula is C26H28N2O6S. The van der Waals surface area contributed by atoms with Crippen molar-refractivity contribution in [3.8, 4) is 17.2 Å². The first-order chi connectivity index (χ1) is 16.6. The number of carbonyl (C=O) groups excluding carboxylic acids is 1. The van der Waals surface area contributed by atoms with Gasteiger partial charge in [0.15, 0.2) is 18.1 Å². The van der Waals surface area contributed by atoms with E-state index >= 15 is 0 Å². The van der Waals surface area contributed by atoms with Crippen LogP contribution in [0.3, 0.4) is 0 Å². The number of hydrogen-bond acceptors (Lipinski definition) is 7. The van der Waals surface area contributed by atoms with E-state index in [1.54, 1.807) is 31.2 Å². The lowest BCUT2D eigenvalue weighted by molar-refractivity contribution is -0.123. The van der Waals surface area contributed by atoms with Crippen LogP contribution in [0.1, 0.15) is 27.8 Å². The molecule has 0 aliphatic carbocycles. The number of nitrogens with zero attached hydrogens (tertiary/aromatic N) is 1. The molecule has 0 radical (unpaired) electrons. The molecule has 0 fully saturated rings. The van der Waals surface area contributed by atoms with Gasteiger partial charge in [0, 0.05) is 0 Å². The van der Waals surface area contributed by atoms with Crippen molar-refractivity contribution in [1.29, 1.82) is 0 Å². The fourth-order valence-electron chi connectivity index (χ4n) is 3.35. The second-order valence-corrected chi connectivity index (χ2v) is 9.64. The summed E-state index contributed by atoms with van der Waals surface area (Å²) in [6.45, 7) is 7.23. The second kappa shape index (κ2) is 11.1. The molecule has 0 aliphatic heterocycles. The average molecular weight is 497 g/mol. The highest BCUT2D eigenvalue weighted by Gasteiger charge is 2.21. The number of benzene rings is 3. The first kappa shape index (κ1) is 25.8. The molecule has 0 aromatic heterocycles. The van der Waals surface area contributed by atoms with Gasteiger partial charge in [-0.05, 0) is 91.9 Å². The molecule has 0 saturated heterocycles. The quantitative estimate of drug-likeness (QED) is 0.270. The van der Waals surface area contributed by atoms with E-state index in [9.17, 15) is 13.2 Å². The van der Waals surface area contributed by atoms with Crippen molar-refractivity contribution in [3.63, 3.8) is 0 Å². The third kappa shape index (κ3) is 7.07. The van der Waals surface area contributed by atoms with Gasteiger partial charge < -0.3 is 13.7 Å². The van der Waals surface area contributed by atoms with Crippen molar-refractivity contribution in [3.05, 3.63) is 82.4 Å². The van der Waals surface area contributed by atoms with Crippen molar-refractivity contribution in [2.24, 2.45) is 5.10 Å². The molecule has 3 aromatic carbocycles. The molecule has 184 valence electrons. The average Bonchev–Trinajstić information content (AvgIpc) is 2.79. The highest BCUT2D eigenvalue weighted by molar-refractivity contribution is 7.87. The maximum Gasteiger partial charge on any atom is 0.339 e. The molecule has 0 saturated carbocycles. The maximum absolute atomic E-state index is 12.8. The van der Waals surface area contributed by atoms with Crippen LogP contribution in [-0.2, 0) is 14.9 Å². The van der Waals surface area contributed by atoms with E-state index in [0.29, 0.717) is 16.9 Å². The van der Waals surface area contributed by atoms with E-state index in [-0.39, 0.29) is 23.0 Å². The minimum atomic E-state index is -4.06. The van der Waals surface area contributed by atoms with Gasteiger partial charge in [0.05, 0.1) is 13.3 Å². The Balaban J connectivity index is 1.64. The smallest absolute Gasteiger partial charge is 0.339 e. The van der Waals surface area contributed by atoms with Gasteiger partial charge >= 0.3 is 10.1 Å². The summed E-state index contributed by atoms with van der Waals surface area (Å²) in [5, 5.41) is 3.92. The third-order valence-corrected chi connectivity index (χ3v) is 6.35. The fraction of sp³-hybridized carbons (Fsp3) is 0.231. The highest BCUT2D eigenvalue weighted by Crippen LogP contribution is 2.31. The SMILES string of the molecule is COc1cc(C=NNC(=O)COc2cc(C)cc(C)c2)ccc1OS(=O)(=O)c1cc(C)ccc1C. The fourth-order valence-corrected chi connectivity index (χ4v) is 4.61. The van der Waals surface area contributed by atoms with Crippen LogP contribution >= 0.6 is 0 Å². The van der Waals surface area contributed by atoms with E-state index in [2.05, 4.69) is 10.5 Å². The van der Waals surface area contributed by atoms with Crippen molar-refractivity contribution < 1.29 is 26.9 Å². The Morgan fingerprint density at radius 1 is 0.914 bits per heavy atom. The van der Waals surface area contributed by atoms with Crippen molar-refractivity contribution in [1.82, 2.24) is 5.43 Å². The number of hydrazone groups is 1. The summed E-state index contributed by atoms with van der Waals surface area (Å²) in [5.74, 6) is 0.424. The van der Waals surface area contributed by atoms with Gasteiger partial charge in [0.25, 0.3) is 5.91 Å². The second-order valence-electron chi connectivity index (χ2n) is 8.12. The van der Waals surface area contributed by atoms with Gasteiger partial charge in [-0.3, -0.25) is 4.79 Å². The van der Waals surface area contributed by atoms with E-state index < -0.39 is 16.0 Å². The molecule has 0 bridgehead atoms. The lowest BCUT2D eigenvalue weighted by Crippen LogP contribution is -2.24. The van der Waals surface area contributed by atoms with Gasteiger partial charge in [0.2, 0.25) is 0 Å². The van der Waals surface area contributed by atoms with E-state index in [0.717, 1.165) is 16.7 Å². The molecule has 0 heterocycles. The highest BCUT2D eigenvalue weighted by atomic mass is 32.2. The van der Waals surface area contributed by atoms with Crippen LogP contribution in [0.15, 0.2) is 64.6 Å². The molecular weight excluding hydrogens is 468 g/mol. The summed E-state index contributed by atoms with van der Waals surface area (Å²) in [6.07, 6.45) is 1.40. The van der Waals surface area contributed by atoms with Gasteiger partial charge in [-0.15, -0.1) is 0 Å². The third-order valence-electron chi connectivity index (χ3n) is 4.97. The minimum absolute atomic E-state index is 0.0384. The topological polar surface area (TPSA) is 103 Å². The number of amides is 1. The number of hydrogen-bond donors (Lipinski definition) is 1. The largest absolute Gasteiger partial charge is 0.493 e. The minimum Gasteiger partial charge on any atom is -0.493 e. The number of ether oxygens (including phenoxy) is 2. The van der Waals surface area contributed by atoms with Crippen LogP contribution in [0.2, 0.25) is 0 Å². The predicted molar refractivity (Wildman–Crippen MR) is 134 cm³/mol. The molecule has 1 amide bonds. The first-order valence-corrected chi connectivity index (χ1v) is 12.2. The van der Waals surface area contributed by atoms with Crippen molar-refractivity contribution in [2.45, 2.75) is 32.6 Å². The van der Waals surface area contributed by atoms with Gasteiger partial charge in [0.1, 0.15) is 10.6 Å². The van der Waals surface area contributed by atoms with E-state index in [1.165, 1.54) is 19.4 Å². The Morgan fingerprint density at radius 3 is 2.31 bits per heavy atom. The summed E-state index contributed by atoms with van der Waals surface area (Å²) in [6, 6.07) is 15.4. The Labute approximate surface area is 205 Å².